The average Bonchev–Trinajstić information content (AvgIpc) is 2.98. The van der Waals surface area contributed by atoms with E-state index in [2.05, 4.69) is 20.9 Å². The molecule has 5 amide bonds. The summed E-state index contributed by atoms with van der Waals surface area (Å²) in [7, 11) is 0. The lowest BCUT2D eigenvalue weighted by Gasteiger charge is -2.27. The number of imide groups is 2. The largest absolute Gasteiger partial charge is 0.384 e. The smallest absolute Gasteiger partial charge is 0.264 e. The summed E-state index contributed by atoms with van der Waals surface area (Å²) in [6.07, 6.45) is 6.56. The molecule has 1 atom stereocenters. The molecule has 0 saturated carbocycles. The highest BCUT2D eigenvalue weighted by molar-refractivity contribution is 6.25. The fourth-order valence-electron chi connectivity index (χ4n) is 4.92. The molecular formula is C25H33N5O5. The van der Waals surface area contributed by atoms with Gasteiger partial charge in [0.15, 0.2) is 0 Å². The van der Waals surface area contributed by atoms with Gasteiger partial charge in [-0.25, -0.2) is 0 Å². The van der Waals surface area contributed by atoms with Crippen molar-refractivity contribution in [2.75, 3.05) is 38.0 Å². The molecular weight excluding hydrogens is 450 g/mol. The van der Waals surface area contributed by atoms with E-state index in [9.17, 15) is 24.0 Å². The van der Waals surface area contributed by atoms with E-state index in [0.717, 1.165) is 43.7 Å². The Morgan fingerprint density at radius 1 is 0.971 bits per heavy atom. The van der Waals surface area contributed by atoms with Crippen LogP contribution in [0.2, 0.25) is 0 Å². The van der Waals surface area contributed by atoms with Crippen LogP contribution in [0.15, 0.2) is 18.2 Å². The lowest BCUT2D eigenvalue weighted by Crippen LogP contribution is -2.54. The van der Waals surface area contributed by atoms with E-state index in [0.29, 0.717) is 25.3 Å². The third-order valence-electron chi connectivity index (χ3n) is 6.78. The number of carbonyl (C=O) groups excluding carboxylic acids is 5. The maximum atomic E-state index is 13.1. The van der Waals surface area contributed by atoms with Crippen LogP contribution >= 0.6 is 0 Å². The molecule has 1 aromatic rings. The van der Waals surface area contributed by atoms with Gasteiger partial charge in [0, 0.05) is 25.2 Å². The van der Waals surface area contributed by atoms with E-state index < -0.39 is 29.7 Å². The summed E-state index contributed by atoms with van der Waals surface area (Å²) < 4.78 is 0. The molecule has 1 unspecified atom stereocenters. The number of fused-ring (bicyclic) bond motifs is 1. The summed E-state index contributed by atoms with van der Waals surface area (Å²) in [6, 6.07) is 4.03. The maximum absolute atomic E-state index is 13.1. The zero-order valence-corrected chi connectivity index (χ0v) is 19.9. The molecule has 3 aliphatic heterocycles. The molecule has 35 heavy (non-hydrogen) atoms. The van der Waals surface area contributed by atoms with Crippen molar-refractivity contribution in [1.82, 2.24) is 20.4 Å². The van der Waals surface area contributed by atoms with Crippen molar-refractivity contribution in [3.05, 3.63) is 29.3 Å². The zero-order chi connectivity index (χ0) is 24.8. The first kappa shape index (κ1) is 24.8. The molecule has 0 aromatic heterocycles. The number of benzene rings is 1. The Balaban J connectivity index is 1.24. The Morgan fingerprint density at radius 2 is 1.71 bits per heavy atom. The van der Waals surface area contributed by atoms with Crippen LogP contribution in [0.5, 0.6) is 0 Å². The normalized spacial score (nSPS) is 20.9. The minimum Gasteiger partial charge on any atom is -0.384 e. The molecule has 4 rings (SSSR count). The fraction of sp³-hybridized carbons (Fsp3) is 0.560. The molecule has 2 fully saturated rings. The summed E-state index contributed by atoms with van der Waals surface area (Å²) in [5, 5.41) is 8.40. The predicted octanol–water partition coefficient (Wildman–Crippen LogP) is 1.27. The van der Waals surface area contributed by atoms with Gasteiger partial charge in [-0.3, -0.25) is 39.1 Å². The minimum absolute atomic E-state index is 0.0541. The van der Waals surface area contributed by atoms with Crippen LogP contribution < -0.4 is 16.0 Å². The van der Waals surface area contributed by atoms with E-state index in [1.807, 2.05) is 0 Å². The number of hydrogen-bond acceptors (Lipinski definition) is 7. The Morgan fingerprint density at radius 3 is 2.46 bits per heavy atom. The second kappa shape index (κ2) is 11.4. The zero-order valence-electron chi connectivity index (χ0n) is 19.9. The summed E-state index contributed by atoms with van der Waals surface area (Å²) in [6.45, 7) is 3.58. The van der Waals surface area contributed by atoms with Crippen molar-refractivity contribution in [1.29, 1.82) is 0 Å². The van der Waals surface area contributed by atoms with Crippen molar-refractivity contribution in [3.8, 4) is 0 Å². The van der Waals surface area contributed by atoms with Gasteiger partial charge in [0.2, 0.25) is 17.7 Å². The number of hydrogen-bond donors (Lipinski definition) is 3. The van der Waals surface area contributed by atoms with Gasteiger partial charge in [-0.05, 0) is 57.3 Å². The summed E-state index contributed by atoms with van der Waals surface area (Å²) in [5.41, 5.74) is 1.05. The predicted molar refractivity (Wildman–Crippen MR) is 129 cm³/mol. The number of rotatable bonds is 9. The second-order valence-electron chi connectivity index (χ2n) is 9.35. The van der Waals surface area contributed by atoms with E-state index in [1.54, 1.807) is 18.2 Å². The summed E-state index contributed by atoms with van der Waals surface area (Å²) >= 11 is 0. The standard InChI is InChI=1S/C25H33N5O5/c31-20-11-10-19(23(33)28-20)30-24(34)17-8-7-9-18(22(17)25(30)35)26-12-3-4-13-27-21(32)16-29-14-5-1-2-6-15-29/h7-9,19,26H,1-6,10-16H2,(H,27,32)(H,28,31,33). The highest BCUT2D eigenvalue weighted by Crippen LogP contribution is 2.32. The lowest BCUT2D eigenvalue weighted by atomic mass is 10.0. The second-order valence-corrected chi connectivity index (χ2v) is 9.35. The number of nitrogens with zero attached hydrogens (tertiary/aromatic N) is 2. The Bertz CT molecular complexity index is 1000. The lowest BCUT2D eigenvalue weighted by molar-refractivity contribution is -0.136. The molecule has 0 spiro atoms. The molecule has 3 heterocycles. The average molecular weight is 484 g/mol. The Labute approximate surface area is 204 Å². The van der Waals surface area contributed by atoms with Gasteiger partial charge in [-0.15, -0.1) is 0 Å². The minimum atomic E-state index is -0.981. The van der Waals surface area contributed by atoms with Crippen LogP contribution in [0.3, 0.4) is 0 Å². The molecule has 0 bridgehead atoms. The molecule has 1 aromatic carbocycles. The molecule has 0 radical (unpaired) electrons. The first-order chi connectivity index (χ1) is 17.0. The molecule has 3 N–H and O–H groups in total. The van der Waals surface area contributed by atoms with Crippen molar-refractivity contribution >= 4 is 35.2 Å². The van der Waals surface area contributed by atoms with Crippen LogP contribution in [0.1, 0.15) is 72.1 Å². The Hall–Kier alpha value is -3.27. The van der Waals surface area contributed by atoms with E-state index >= 15 is 0 Å². The third-order valence-corrected chi connectivity index (χ3v) is 6.78. The first-order valence-electron chi connectivity index (χ1n) is 12.5. The highest BCUT2D eigenvalue weighted by atomic mass is 16.2. The van der Waals surface area contributed by atoms with Crippen molar-refractivity contribution in [3.63, 3.8) is 0 Å². The van der Waals surface area contributed by atoms with Gasteiger partial charge >= 0.3 is 0 Å². The molecule has 10 nitrogen and oxygen atoms in total. The number of carbonyl (C=O) groups is 5. The number of unbranched alkanes of at least 4 members (excludes halogenated alkanes) is 1. The van der Waals surface area contributed by atoms with Crippen LogP contribution in [0.4, 0.5) is 5.69 Å². The number of nitrogens with one attached hydrogen (secondary N) is 3. The third kappa shape index (κ3) is 5.87. The van der Waals surface area contributed by atoms with Gasteiger partial charge in [0.05, 0.1) is 17.7 Å². The van der Waals surface area contributed by atoms with Gasteiger partial charge in [-0.2, -0.15) is 0 Å². The fourth-order valence-corrected chi connectivity index (χ4v) is 4.92. The van der Waals surface area contributed by atoms with Crippen molar-refractivity contribution in [2.24, 2.45) is 0 Å². The summed E-state index contributed by atoms with van der Waals surface area (Å²) in [5.74, 6) is -2.01. The molecule has 3 aliphatic rings. The van der Waals surface area contributed by atoms with Crippen LogP contribution in [-0.4, -0.2) is 78.1 Å². The number of anilines is 1. The van der Waals surface area contributed by atoms with Crippen LogP contribution in [-0.2, 0) is 14.4 Å². The number of piperidine rings is 1. The van der Waals surface area contributed by atoms with Gasteiger partial charge < -0.3 is 10.6 Å². The highest BCUT2D eigenvalue weighted by Gasteiger charge is 2.45. The first-order valence-corrected chi connectivity index (χ1v) is 12.5. The van der Waals surface area contributed by atoms with Crippen LogP contribution in [0, 0.1) is 0 Å². The summed E-state index contributed by atoms with van der Waals surface area (Å²) in [4.78, 5) is 65.1. The SMILES string of the molecule is O=C(CN1CCCCCC1)NCCCCNc1cccc2c1C(=O)N(C1CCC(=O)NC1=O)C2=O. The van der Waals surface area contributed by atoms with E-state index in [1.165, 1.54) is 12.8 Å². The molecule has 10 heteroatoms. The van der Waals surface area contributed by atoms with Crippen LogP contribution in [0.25, 0.3) is 0 Å². The number of amides is 5. The van der Waals surface area contributed by atoms with E-state index in [-0.39, 0.29) is 29.9 Å². The number of likely N-dealkylation sites (tertiary alicyclic amines) is 1. The van der Waals surface area contributed by atoms with Crippen molar-refractivity contribution < 1.29 is 24.0 Å². The van der Waals surface area contributed by atoms with E-state index in [4.69, 9.17) is 0 Å². The molecule has 188 valence electrons. The van der Waals surface area contributed by atoms with Gasteiger partial charge in [-0.1, -0.05) is 18.9 Å². The monoisotopic (exact) mass is 483 g/mol. The maximum Gasteiger partial charge on any atom is 0.264 e. The Kier molecular flexibility index (Phi) is 8.12. The molecule has 2 saturated heterocycles. The van der Waals surface area contributed by atoms with Gasteiger partial charge in [0.25, 0.3) is 11.8 Å². The van der Waals surface area contributed by atoms with Crippen molar-refractivity contribution in [2.45, 2.75) is 57.4 Å². The quantitative estimate of drug-likeness (QED) is 0.356. The van der Waals surface area contributed by atoms with Gasteiger partial charge in [0.1, 0.15) is 6.04 Å². The molecule has 0 aliphatic carbocycles. The topological polar surface area (TPSA) is 128 Å².